The van der Waals surface area contributed by atoms with E-state index in [9.17, 15) is 9.18 Å². The Hall–Kier alpha value is -1.89. The molecular formula is C9H7FN2O. The van der Waals surface area contributed by atoms with Crippen molar-refractivity contribution in [1.82, 2.24) is 5.32 Å². The normalized spacial score (nSPS) is 11.4. The van der Waals surface area contributed by atoms with E-state index in [1.807, 2.05) is 6.07 Å². The lowest BCUT2D eigenvalue weighted by Gasteiger charge is -2.06. The Morgan fingerprint density at radius 1 is 1.46 bits per heavy atom. The second kappa shape index (κ2) is 4.21. The summed E-state index contributed by atoms with van der Waals surface area (Å²) in [5.41, 5.74) is 0.566. The molecule has 0 aromatic heterocycles. The molecule has 0 radical (unpaired) electrons. The molecule has 0 saturated heterocycles. The van der Waals surface area contributed by atoms with Crippen LogP contribution >= 0.6 is 0 Å². The Kier molecular flexibility index (Phi) is 2.98. The maximum atomic E-state index is 12.5. The number of amides is 1. The molecule has 1 amide bonds. The predicted octanol–water partition coefficient (Wildman–Crippen LogP) is 1.14. The van der Waals surface area contributed by atoms with Crippen LogP contribution in [0.25, 0.3) is 0 Å². The van der Waals surface area contributed by atoms with E-state index < -0.39 is 6.04 Å². The monoisotopic (exact) mass is 178 g/mol. The highest BCUT2D eigenvalue weighted by Crippen LogP contribution is 2.11. The number of nitrogens with zero attached hydrogens (tertiary/aromatic N) is 1. The maximum Gasteiger partial charge on any atom is 0.208 e. The number of benzene rings is 1. The average molecular weight is 178 g/mol. The highest BCUT2D eigenvalue weighted by atomic mass is 19.1. The van der Waals surface area contributed by atoms with Crippen LogP contribution < -0.4 is 5.32 Å². The summed E-state index contributed by atoms with van der Waals surface area (Å²) in [4.78, 5) is 10.1. The first-order valence-corrected chi connectivity index (χ1v) is 3.62. The Morgan fingerprint density at radius 2 is 2.08 bits per heavy atom. The van der Waals surface area contributed by atoms with Crippen LogP contribution in [0.5, 0.6) is 0 Å². The van der Waals surface area contributed by atoms with Gasteiger partial charge in [-0.1, -0.05) is 12.1 Å². The van der Waals surface area contributed by atoms with Crippen LogP contribution in [0.15, 0.2) is 24.3 Å². The molecule has 0 aliphatic heterocycles. The first-order chi connectivity index (χ1) is 6.27. The van der Waals surface area contributed by atoms with Gasteiger partial charge in [0.1, 0.15) is 11.9 Å². The standard InChI is InChI=1S/C9H7FN2O/c10-8-3-1-7(2-4-8)9(5-11)12-6-13/h1-4,6,9H,(H,12,13)/t9-/m0/s1. The molecule has 1 aromatic rings. The highest BCUT2D eigenvalue weighted by Gasteiger charge is 2.07. The number of halogens is 1. The lowest BCUT2D eigenvalue weighted by molar-refractivity contribution is -0.109. The summed E-state index contributed by atoms with van der Waals surface area (Å²) in [5, 5.41) is 10.9. The van der Waals surface area contributed by atoms with Gasteiger partial charge in [-0.25, -0.2) is 4.39 Å². The van der Waals surface area contributed by atoms with Crippen molar-refractivity contribution < 1.29 is 9.18 Å². The van der Waals surface area contributed by atoms with Crippen LogP contribution in [0.3, 0.4) is 0 Å². The van der Waals surface area contributed by atoms with E-state index in [1.165, 1.54) is 24.3 Å². The summed E-state index contributed by atoms with van der Waals surface area (Å²) in [7, 11) is 0. The molecular weight excluding hydrogens is 171 g/mol. The van der Waals surface area contributed by atoms with E-state index in [1.54, 1.807) is 0 Å². The summed E-state index contributed by atoms with van der Waals surface area (Å²) >= 11 is 0. The Bertz CT molecular complexity index is 328. The molecule has 0 heterocycles. The van der Waals surface area contributed by atoms with Crippen molar-refractivity contribution in [3.8, 4) is 6.07 Å². The molecule has 1 rings (SSSR count). The van der Waals surface area contributed by atoms with Crippen LogP contribution in [0.4, 0.5) is 4.39 Å². The Labute approximate surface area is 74.8 Å². The number of nitrogens with one attached hydrogen (secondary N) is 1. The van der Waals surface area contributed by atoms with Crippen LogP contribution in [0, 0.1) is 17.1 Å². The maximum absolute atomic E-state index is 12.5. The van der Waals surface area contributed by atoms with Crippen LogP contribution in [-0.4, -0.2) is 6.41 Å². The molecule has 1 atom stereocenters. The zero-order valence-electron chi connectivity index (χ0n) is 6.70. The summed E-state index contributed by atoms with van der Waals surface area (Å²) in [6.07, 6.45) is 0.442. The minimum atomic E-state index is -0.710. The largest absolute Gasteiger partial charge is 0.339 e. The second-order valence-corrected chi connectivity index (χ2v) is 2.40. The molecule has 0 bridgehead atoms. The number of hydrogen-bond acceptors (Lipinski definition) is 2. The summed E-state index contributed by atoms with van der Waals surface area (Å²) in [5.74, 6) is -0.369. The van der Waals surface area contributed by atoms with E-state index >= 15 is 0 Å². The van der Waals surface area contributed by atoms with Crippen molar-refractivity contribution in [2.45, 2.75) is 6.04 Å². The van der Waals surface area contributed by atoms with Gasteiger partial charge in [0.05, 0.1) is 6.07 Å². The number of carbonyl (C=O) groups excluding carboxylic acids is 1. The van der Waals surface area contributed by atoms with E-state index in [0.717, 1.165) is 0 Å². The SMILES string of the molecule is N#C[C@H](NC=O)c1ccc(F)cc1. The molecule has 13 heavy (non-hydrogen) atoms. The van der Waals surface area contributed by atoms with Gasteiger partial charge in [-0.2, -0.15) is 5.26 Å². The fourth-order valence-corrected chi connectivity index (χ4v) is 0.931. The van der Waals surface area contributed by atoms with Crippen molar-refractivity contribution in [1.29, 1.82) is 5.26 Å². The zero-order chi connectivity index (χ0) is 9.68. The van der Waals surface area contributed by atoms with Crippen molar-refractivity contribution >= 4 is 6.41 Å². The lowest BCUT2D eigenvalue weighted by atomic mass is 10.1. The first-order valence-electron chi connectivity index (χ1n) is 3.62. The first kappa shape index (κ1) is 9.20. The Balaban J connectivity index is 2.87. The van der Waals surface area contributed by atoms with Gasteiger partial charge in [0.15, 0.2) is 0 Å². The van der Waals surface area contributed by atoms with E-state index in [2.05, 4.69) is 5.32 Å². The highest BCUT2D eigenvalue weighted by molar-refractivity contribution is 5.49. The number of rotatable bonds is 3. The van der Waals surface area contributed by atoms with Gasteiger partial charge in [-0.15, -0.1) is 0 Å². The minimum absolute atomic E-state index is 0.369. The lowest BCUT2D eigenvalue weighted by Crippen LogP contribution is -2.17. The molecule has 0 fully saturated rings. The molecule has 0 unspecified atom stereocenters. The molecule has 0 saturated carbocycles. The minimum Gasteiger partial charge on any atom is -0.339 e. The molecule has 1 aromatic carbocycles. The van der Waals surface area contributed by atoms with Crippen molar-refractivity contribution in [3.63, 3.8) is 0 Å². The van der Waals surface area contributed by atoms with Crippen LogP contribution in [0.1, 0.15) is 11.6 Å². The third kappa shape index (κ3) is 2.27. The van der Waals surface area contributed by atoms with Gasteiger partial charge in [0.2, 0.25) is 6.41 Å². The molecule has 3 nitrogen and oxygen atoms in total. The van der Waals surface area contributed by atoms with Crippen molar-refractivity contribution in [2.24, 2.45) is 0 Å². The van der Waals surface area contributed by atoms with Gasteiger partial charge in [0.25, 0.3) is 0 Å². The van der Waals surface area contributed by atoms with E-state index in [0.29, 0.717) is 12.0 Å². The van der Waals surface area contributed by atoms with Crippen LogP contribution in [-0.2, 0) is 4.79 Å². The summed E-state index contributed by atoms with van der Waals surface area (Å²) in [6.45, 7) is 0. The molecule has 1 N–H and O–H groups in total. The smallest absolute Gasteiger partial charge is 0.208 e. The van der Waals surface area contributed by atoms with Gasteiger partial charge in [-0.3, -0.25) is 4.79 Å². The molecule has 66 valence electrons. The van der Waals surface area contributed by atoms with Gasteiger partial charge in [0, 0.05) is 0 Å². The number of hydrogen-bond donors (Lipinski definition) is 1. The van der Waals surface area contributed by atoms with E-state index in [4.69, 9.17) is 5.26 Å². The van der Waals surface area contributed by atoms with E-state index in [-0.39, 0.29) is 5.82 Å². The van der Waals surface area contributed by atoms with Crippen LogP contribution in [0.2, 0.25) is 0 Å². The molecule has 0 spiro atoms. The van der Waals surface area contributed by atoms with Gasteiger partial charge >= 0.3 is 0 Å². The number of nitriles is 1. The Morgan fingerprint density at radius 3 is 2.54 bits per heavy atom. The topological polar surface area (TPSA) is 52.9 Å². The third-order valence-electron chi connectivity index (χ3n) is 1.57. The fraction of sp³-hybridized carbons (Fsp3) is 0.111. The summed E-state index contributed by atoms with van der Waals surface area (Å²) in [6, 6.07) is 6.56. The van der Waals surface area contributed by atoms with Crippen molar-refractivity contribution in [2.75, 3.05) is 0 Å². The predicted molar refractivity (Wildman–Crippen MR) is 44.0 cm³/mol. The second-order valence-electron chi connectivity index (χ2n) is 2.40. The number of carbonyl (C=O) groups is 1. The zero-order valence-corrected chi connectivity index (χ0v) is 6.70. The van der Waals surface area contributed by atoms with Gasteiger partial charge < -0.3 is 5.32 Å². The molecule has 0 aliphatic carbocycles. The van der Waals surface area contributed by atoms with Crippen molar-refractivity contribution in [3.05, 3.63) is 35.6 Å². The summed E-state index contributed by atoms with van der Waals surface area (Å²) < 4.78 is 12.5. The quantitative estimate of drug-likeness (QED) is 0.705. The average Bonchev–Trinajstić information content (AvgIpc) is 2.16. The fourth-order valence-electron chi connectivity index (χ4n) is 0.931. The molecule has 0 aliphatic rings. The van der Waals surface area contributed by atoms with Gasteiger partial charge in [-0.05, 0) is 17.7 Å². The molecule has 4 heteroatoms. The third-order valence-corrected chi connectivity index (χ3v) is 1.57.